The number of anilines is 1. The molecule has 0 fully saturated rings. The lowest BCUT2D eigenvalue weighted by atomic mass is 10.2. The molecule has 0 aromatic heterocycles. The number of aryl methyl sites for hydroxylation is 1. The molecule has 0 unspecified atom stereocenters. The summed E-state index contributed by atoms with van der Waals surface area (Å²) in [4.78, 5) is 0. The summed E-state index contributed by atoms with van der Waals surface area (Å²) in [6, 6.07) is 8.38. The van der Waals surface area contributed by atoms with E-state index in [2.05, 4.69) is 0 Å². The number of benzene rings is 2. The van der Waals surface area contributed by atoms with Crippen molar-refractivity contribution in [1.82, 2.24) is 0 Å². The summed E-state index contributed by atoms with van der Waals surface area (Å²) in [5.41, 5.74) is 6.53. The maximum atomic E-state index is 13.4. The predicted molar refractivity (Wildman–Crippen MR) is 62.0 cm³/mol. The summed E-state index contributed by atoms with van der Waals surface area (Å²) in [6.45, 7) is 1.80. The molecule has 0 radical (unpaired) electrons. The van der Waals surface area contributed by atoms with E-state index < -0.39 is 11.6 Å². The van der Waals surface area contributed by atoms with Crippen LogP contribution in [0.3, 0.4) is 0 Å². The van der Waals surface area contributed by atoms with Gasteiger partial charge in [0.05, 0.1) is 0 Å². The van der Waals surface area contributed by atoms with Crippen molar-refractivity contribution >= 4 is 5.69 Å². The number of hydrogen-bond donors (Lipinski definition) is 1. The quantitative estimate of drug-likeness (QED) is 0.806. The summed E-state index contributed by atoms with van der Waals surface area (Å²) in [5, 5.41) is 0. The van der Waals surface area contributed by atoms with Crippen LogP contribution in [-0.2, 0) is 0 Å². The van der Waals surface area contributed by atoms with Crippen molar-refractivity contribution in [3.05, 3.63) is 53.6 Å². The molecule has 0 aliphatic heterocycles. The van der Waals surface area contributed by atoms with Crippen LogP contribution < -0.4 is 10.5 Å². The summed E-state index contributed by atoms with van der Waals surface area (Å²) >= 11 is 0. The van der Waals surface area contributed by atoms with Crippen LogP contribution in [0.15, 0.2) is 36.4 Å². The molecule has 0 saturated carbocycles. The molecule has 17 heavy (non-hydrogen) atoms. The molecule has 2 nitrogen and oxygen atoms in total. The standard InChI is InChI=1S/C13H11F2NO/c1-8-2-4-10(14)13(6-8)17-12-5-3-9(16)7-11(12)15/h2-7H,16H2,1H3. The SMILES string of the molecule is Cc1ccc(F)c(Oc2ccc(N)cc2F)c1. The highest BCUT2D eigenvalue weighted by Crippen LogP contribution is 2.28. The Hall–Kier alpha value is -2.10. The number of nitrogens with two attached hydrogens (primary N) is 1. The van der Waals surface area contributed by atoms with E-state index in [0.717, 1.165) is 11.6 Å². The van der Waals surface area contributed by atoms with Gasteiger partial charge in [0.1, 0.15) is 0 Å². The van der Waals surface area contributed by atoms with E-state index in [4.69, 9.17) is 10.5 Å². The molecule has 0 aliphatic carbocycles. The van der Waals surface area contributed by atoms with E-state index >= 15 is 0 Å². The van der Waals surface area contributed by atoms with Crippen molar-refractivity contribution in [2.45, 2.75) is 6.92 Å². The van der Waals surface area contributed by atoms with Crippen LogP contribution in [0.1, 0.15) is 5.56 Å². The average molecular weight is 235 g/mol. The Labute approximate surface area is 97.6 Å². The second-order valence-electron chi connectivity index (χ2n) is 3.73. The van der Waals surface area contributed by atoms with E-state index in [0.29, 0.717) is 5.69 Å². The summed E-state index contributed by atoms with van der Waals surface area (Å²) in [7, 11) is 0. The Morgan fingerprint density at radius 2 is 1.71 bits per heavy atom. The first-order valence-corrected chi connectivity index (χ1v) is 5.05. The zero-order chi connectivity index (χ0) is 12.4. The van der Waals surface area contributed by atoms with Gasteiger partial charge in [-0.05, 0) is 36.8 Å². The number of hydrogen-bond acceptors (Lipinski definition) is 2. The number of halogens is 2. The third-order valence-corrected chi connectivity index (χ3v) is 2.26. The summed E-state index contributed by atoms with van der Waals surface area (Å²) < 4.78 is 32.0. The van der Waals surface area contributed by atoms with Gasteiger partial charge in [0.2, 0.25) is 0 Å². The topological polar surface area (TPSA) is 35.2 Å². The molecule has 2 rings (SSSR count). The lowest BCUT2D eigenvalue weighted by molar-refractivity contribution is 0.414. The van der Waals surface area contributed by atoms with Crippen molar-refractivity contribution in [3.63, 3.8) is 0 Å². The number of ether oxygens (including phenoxy) is 1. The molecule has 4 heteroatoms. The van der Waals surface area contributed by atoms with Crippen LogP contribution in [0.5, 0.6) is 11.5 Å². The molecule has 0 heterocycles. The minimum Gasteiger partial charge on any atom is -0.451 e. The van der Waals surface area contributed by atoms with E-state index in [1.807, 2.05) is 0 Å². The molecule has 0 aliphatic rings. The second kappa shape index (κ2) is 4.41. The smallest absolute Gasteiger partial charge is 0.167 e. The van der Waals surface area contributed by atoms with E-state index in [9.17, 15) is 8.78 Å². The van der Waals surface area contributed by atoms with Gasteiger partial charge in [0, 0.05) is 11.8 Å². The van der Waals surface area contributed by atoms with Crippen molar-refractivity contribution in [1.29, 1.82) is 0 Å². The van der Waals surface area contributed by atoms with Crippen LogP contribution in [0.2, 0.25) is 0 Å². The van der Waals surface area contributed by atoms with E-state index in [1.165, 1.54) is 24.3 Å². The maximum Gasteiger partial charge on any atom is 0.167 e. The zero-order valence-electron chi connectivity index (χ0n) is 9.21. The molecule has 0 atom stereocenters. The first kappa shape index (κ1) is 11.4. The molecule has 2 N–H and O–H groups in total. The second-order valence-corrected chi connectivity index (χ2v) is 3.73. The molecule has 0 spiro atoms. The van der Waals surface area contributed by atoms with Gasteiger partial charge >= 0.3 is 0 Å². The molecule has 88 valence electrons. The highest BCUT2D eigenvalue weighted by Gasteiger charge is 2.09. The first-order valence-electron chi connectivity index (χ1n) is 5.05. The highest BCUT2D eigenvalue weighted by molar-refractivity contribution is 5.44. The van der Waals surface area contributed by atoms with Gasteiger partial charge in [-0.3, -0.25) is 0 Å². The lowest BCUT2D eigenvalue weighted by Gasteiger charge is -2.08. The van der Waals surface area contributed by atoms with Crippen LogP contribution >= 0.6 is 0 Å². The van der Waals surface area contributed by atoms with Crippen molar-refractivity contribution < 1.29 is 13.5 Å². The fraction of sp³-hybridized carbons (Fsp3) is 0.0769. The number of nitrogen functional groups attached to an aromatic ring is 1. The number of rotatable bonds is 2. The van der Waals surface area contributed by atoms with E-state index in [-0.39, 0.29) is 11.5 Å². The summed E-state index contributed by atoms with van der Waals surface area (Å²) in [6.07, 6.45) is 0. The van der Waals surface area contributed by atoms with Gasteiger partial charge in [-0.25, -0.2) is 8.78 Å². The van der Waals surface area contributed by atoms with Gasteiger partial charge in [-0.1, -0.05) is 6.07 Å². The highest BCUT2D eigenvalue weighted by atomic mass is 19.1. The van der Waals surface area contributed by atoms with Crippen molar-refractivity contribution in [3.8, 4) is 11.5 Å². The summed E-state index contributed by atoms with van der Waals surface area (Å²) in [5.74, 6) is -1.21. The van der Waals surface area contributed by atoms with Crippen LogP contribution in [0, 0.1) is 18.6 Å². The van der Waals surface area contributed by atoms with E-state index in [1.54, 1.807) is 13.0 Å². The Morgan fingerprint density at radius 3 is 2.41 bits per heavy atom. The Bertz CT molecular complexity index is 555. The molecule has 2 aromatic carbocycles. The van der Waals surface area contributed by atoms with Gasteiger partial charge in [0.15, 0.2) is 23.1 Å². The van der Waals surface area contributed by atoms with Crippen LogP contribution in [0.4, 0.5) is 14.5 Å². The monoisotopic (exact) mass is 235 g/mol. The van der Waals surface area contributed by atoms with Crippen LogP contribution in [-0.4, -0.2) is 0 Å². The largest absolute Gasteiger partial charge is 0.451 e. The first-order chi connectivity index (χ1) is 8.06. The van der Waals surface area contributed by atoms with Gasteiger partial charge < -0.3 is 10.5 Å². The third kappa shape index (κ3) is 2.53. The minimum atomic E-state index is -0.620. The Kier molecular flexibility index (Phi) is 2.95. The average Bonchev–Trinajstić information content (AvgIpc) is 2.27. The molecular weight excluding hydrogens is 224 g/mol. The normalized spacial score (nSPS) is 10.3. The Morgan fingerprint density at radius 1 is 0.941 bits per heavy atom. The van der Waals surface area contributed by atoms with Crippen molar-refractivity contribution in [2.24, 2.45) is 0 Å². The van der Waals surface area contributed by atoms with Crippen LogP contribution in [0.25, 0.3) is 0 Å². The molecule has 0 saturated heterocycles. The van der Waals surface area contributed by atoms with Crippen molar-refractivity contribution in [2.75, 3.05) is 5.73 Å². The molecule has 2 aromatic rings. The predicted octanol–water partition coefficient (Wildman–Crippen LogP) is 3.65. The fourth-order valence-electron chi connectivity index (χ4n) is 1.41. The fourth-order valence-corrected chi connectivity index (χ4v) is 1.41. The third-order valence-electron chi connectivity index (χ3n) is 2.26. The Balaban J connectivity index is 2.34. The van der Waals surface area contributed by atoms with Gasteiger partial charge in [0.25, 0.3) is 0 Å². The lowest BCUT2D eigenvalue weighted by Crippen LogP contribution is -1.93. The minimum absolute atomic E-state index is 0.00586. The molecule has 0 bridgehead atoms. The maximum absolute atomic E-state index is 13.4. The molecule has 0 amide bonds. The van der Waals surface area contributed by atoms with Gasteiger partial charge in [-0.15, -0.1) is 0 Å². The zero-order valence-corrected chi connectivity index (χ0v) is 9.21. The molecular formula is C13H11F2NO. The van der Waals surface area contributed by atoms with Gasteiger partial charge in [-0.2, -0.15) is 0 Å².